The lowest BCUT2D eigenvalue weighted by Crippen LogP contribution is -2.33. The molecule has 128 valence electrons. The van der Waals surface area contributed by atoms with Gasteiger partial charge in [0.05, 0.1) is 17.7 Å². The van der Waals surface area contributed by atoms with Gasteiger partial charge in [-0.2, -0.15) is 13.2 Å². The van der Waals surface area contributed by atoms with Gasteiger partial charge in [-0.05, 0) is 25.0 Å². The van der Waals surface area contributed by atoms with Crippen molar-refractivity contribution in [2.45, 2.75) is 44.3 Å². The van der Waals surface area contributed by atoms with Crippen molar-refractivity contribution in [2.24, 2.45) is 0 Å². The molecule has 0 bridgehead atoms. The molecule has 1 saturated carbocycles. The van der Waals surface area contributed by atoms with Crippen LogP contribution in [0.25, 0.3) is 10.6 Å². The number of alkyl halides is 3. The highest BCUT2D eigenvalue weighted by atomic mass is 32.1. The molecular formula is C17H17F3N2OS. The van der Waals surface area contributed by atoms with Gasteiger partial charge < -0.3 is 5.32 Å². The molecule has 7 heteroatoms. The number of carbonyl (C=O) groups is 1. The smallest absolute Gasteiger partial charge is 0.353 e. The molecule has 1 N–H and O–H groups in total. The van der Waals surface area contributed by atoms with Gasteiger partial charge in [0, 0.05) is 17.0 Å². The minimum atomic E-state index is -4.34. The second-order valence-electron chi connectivity index (χ2n) is 5.94. The number of nitrogens with zero attached hydrogens (tertiary/aromatic N) is 1. The Kier molecular flexibility index (Phi) is 4.89. The Morgan fingerprint density at radius 1 is 1.21 bits per heavy atom. The topological polar surface area (TPSA) is 42.0 Å². The second kappa shape index (κ2) is 6.93. The molecule has 1 aromatic carbocycles. The molecule has 0 saturated heterocycles. The fourth-order valence-electron chi connectivity index (χ4n) is 2.84. The van der Waals surface area contributed by atoms with E-state index in [2.05, 4.69) is 10.3 Å². The van der Waals surface area contributed by atoms with Crippen LogP contribution in [0.15, 0.2) is 29.6 Å². The van der Waals surface area contributed by atoms with E-state index in [1.165, 1.54) is 23.5 Å². The van der Waals surface area contributed by atoms with Crippen LogP contribution in [-0.4, -0.2) is 16.9 Å². The van der Waals surface area contributed by atoms with E-state index in [-0.39, 0.29) is 18.4 Å². The van der Waals surface area contributed by atoms with Gasteiger partial charge in [0.25, 0.3) is 0 Å². The van der Waals surface area contributed by atoms with Gasteiger partial charge in [-0.1, -0.05) is 25.0 Å². The molecular weight excluding hydrogens is 337 g/mol. The first kappa shape index (κ1) is 17.0. The molecule has 1 aliphatic rings. The molecule has 3 nitrogen and oxygen atoms in total. The zero-order valence-electron chi connectivity index (χ0n) is 12.9. The molecule has 0 radical (unpaired) electrons. The minimum Gasteiger partial charge on any atom is -0.353 e. The number of carbonyl (C=O) groups excluding carboxylic acids is 1. The van der Waals surface area contributed by atoms with Gasteiger partial charge in [0.1, 0.15) is 5.01 Å². The number of nitrogens with one attached hydrogen (secondary N) is 1. The fraction of sp³-hybridized carbons (Fsp3) is 0.412. The molecule has 0 spiro atoms. The van der Waals surface area contributed by atoms with Crippen molar-refractivity contribution in [3.05, 3.63) is 40.9 Å². The number of aromatic nitrogens is 1. The maximum Gasteiger partial charge on any atom is 0.416 e. The van der Waals surface area contributed by atoms with E-state index in [9.17, 15) is 18.0 Å². The number of amides is 1. The lowest BCUT2D eigenvalue weighted by Gasteiger charge is -2.10. The Morgan fingerprint density at radius 3 is 2.50 bits per heavy atom. The Balaban J connectivity index is 1.63. The first-order valence-electron chi connectivity index (χ1n) is 7.83. The Morgan fingerprint density at radius 2 is 1.88 bits per heavy atom. The van der Waals surface area contributed by atoms with Crippen LogP contribution in [0.2, 0.25) is 0 Å². The lowest BCUT2D eigenvalue weighted by molar-refractivity contribution is -0.137. The summed E-state index contributed by atoms with van der Waals surface area (Å²) in [6, 6.07) is 5.17. The van der Waals surface area contributed by atoms with Crippen LogP contribution in [0.1, 0.15) is 36.9 Å². The van der Waals surface area contributed by atoms with Gasteiger partial charge in [0.2, 0.25) is 5.91 Å². The zero-order chi connectivity index (χ0) is 17.2. The molecule has 2 aromatic rings. The number of halogens is 3. The van der Waals surface area contributed by atoms with Gasteiger partial charge in [-0.3, -0.25) is 4.79 Å². The van der Waals surface area contributed by atoms with E-state index < -0.39 is 11.7 Å². The standard InChI is InChI=1S/C17H17F3N2OS/c18-17(19,20)12-7-5-11(6-8-12)16-22-14(10-24-16)9-15(23)21-13-3-1-2-4-13/h5-8,10,13H,1-4,9H2,(H,21,23). The summed E-state index contributed by atoms with van der Waals surface area (Å²) in [6.07, 6.45) is 0.219. The molecule has 1 aromatic heterocycles. The third-order valence-corrected chi connectivity index (χ3v) is 5.01. The Bertz CT molecular complexity index is 703. The largest absolute Gasteiger partial charge is 0.416 e. The third-order valence-electron chi connectivity index (χ3n) is 4.07. The first-order valence-corrected chi connectivity index (χ1v) is 8.71. The summed E-state index contributed by atoms with van der Waals surface area (Å²) < 4.78 is 37.7. The molecule has 1 aliphatic carbocycles. The summed E-state index contributed by atoms with van der Waals surface area (Å²) in [5.41, 5.74) is 0.583. The SMILES string of the molecule is O=C(Cc1csc(-c2ccc(C(F)(F)F)cc2)n1)NC1CCCC1. The second-order valence-corrected chi connectivity index (χ2v) is 6.80. The van der Waals surface area contributed by atoms with Crippen molar-refractivity contribution in [3.63, 3.8) is 0 Å². The van der Waals surface area contributed by atoms with E-state index in [0.717, 1.165) is 37.8 Å². The van der Waals surface area contributed by atoms with E-state index >= 15 is 0 Å². The molecule has 0 aliphatic heterocycles. The number of hydrogen-bond donors (Lipinski definition) is 1. The van der Waals surface area contributed by atoms with Crippen LogP contribution < -0.4 is 5.32 Å². The normalized spacial score (nSPS) is 15.6. The van der Waals surface area contributed by atoms with Crippen LogP contribution in [0.3, 0.4) is 0 Å². The maximum absolute atomic E-state index is 12.6. The minimum absolute atomic E-state index is 0.0498. The molecule has 1 fully saturated rings. The van der Waals surface area contributed by atoms with E-state index in [1.807, 2.05) is 0 Å². The number of benzene rings is 1. The van der Waals surface area contributed by atoms with Gasteiger partial charge in [-0.25, -0.2) is 4.98 Å². The monoisotopic (exact) mass is 354 g/mol. The average molecular weight is 354 g/mol. The predicted molar refractivity (Wildman–Crippen MR) is 86.7 cm³/mol. The molecule has 24 heavy (non-hydrogen) atoms. The number of rotatable bonds is 4. The van der Waals surface area contributed by atoms with Crippen molar-refractivity contribution >= 4 is 17.2 Å². The van der Waals surface area contributed by atoms with Crippen LogP contribution in [0.4, 0.5) is 13.2 Å². The summed E-state index contributed by atoms with van der Waals surface area (Å²) in [5.74, 6) is -0.0498. The van der Waals surface area contributed by atoms with Gasteiger partial charge in [0.15, 0.2) is 0 Å². The quantitative estimate of drug-likeness (QED) is 0.882. The summed E-state index contributed by atoms with van der Waals surface area (Å²) >= 11 is 1.33. The van der Waals surface area contributed by atoms with E-state index in [4.69, 9.17) is 0 Å². The van der Waals surface area contributed by atoms with Gasteiger partial charge in [-0.15, -0.1) is 11.3 Å². The molecule has 3 rings (SSSR count). The number of hydrogen-bond acceptors (Lipinski definition) is 3. The first-order chi connectivity index (χ1) is 11.4. The number of thiazole rings is 1. The van der Waals surface area contributed by atoms with E-state index in [1.54, 1.807) is 5.38 Å². The summed E-state index contributed by atoms with van der Waals surface area (Å²) in [6.45, 7) is 0. The molecule has 0 unspecified atom stereocenters. The molecule has 1 heterocycles. The summed E-state index contributed by atoms with van der Waals surface area (Å²) in [5, 5.41) is 5.40. The Hall–Kier alpha value is -1.89. The van der Waals surface area contributed by atoms with Crippen molar-refractivity contribution in [1.29, 1.82) is 0 Å². The van der Waals surface area contributed by atoms with Crippen LogP contribution in [-0.2, 0) is 17.4 Å². The van der Waals surface area contributed by atoms with Crippen molar-refractivity contribution in [1.82, 2.24) is 10.3 Å². The third kappa shape index (κ3) is 4.14. The van der Waals surface area contributed by atoms with Crippen molar-refractivity contribution in [2.75, 3.05) is 0 Å². The molecule has 1 amide bonds. The highest BCUT2D eigenvalue weighted by Crippen LogP contribution is 2.31. The average Bonchev–Trinajstić information content (AvgIpc) is 3.18. The zero-order valence-corrected chi connectivity index (χ0v) is 13.7. The highest BCUT2D eigenvalue weighted by Gasteiger charge is 2.30. The fourth-order valence-corrected chi connectivity index (χ4v) is 3.66. The van der Waals surface area contributed by atoms with Crippen LogP contribution in [0, 0.1) is 0 Å². The van der Waals surface area contributed by atoms with Gasteiger partial charge >= 0.3 is 6.18 Å². The lowest BCUT2D eigenvalue weighted by atomic mass is 10.1. The van der Waals surface area contributed by atoms with Crippen molar-refractivity contribution in [3.8, 4) is 10.6 Å². The summed E-state index contributed by atoms with van der Waals surface area (Å²) in [7, 11) is 0. The van der Waals surface area contributed by atoms with Crippen molar-refractivity contribution < 1.29 is 18.0 Å². The Labute approximate surface area is 141 Å². The maximum atomic E-state index is 12.6. The highest BCUT2D eigenvalue weighted by molar-refractivity contribution is 7.13. The molecule has 0 atom stereocenters. The predicted octanol–water partition coefficient (Wildman–Crippen LogP) is 4.43. The van der Waals surface area contributed by atoms with Crippen LogP contribution in [0.5, 0.6) is 0 Å². The van der Waals surface area contributed by atoms with E-state index in [0.29, 0.717) is 16.3 Å². The van der Waals surface area contributed by atoms with Crippen LogP contribution >= 0.6 is 11.3 Å². The summed E-state index contributed by atoms with van der Waals surface area (Å²) in [4.78, 5) is 16.4.